The lowest BCUT2D eigenvalue weighted by molar-refractivity contribution is -0.160. The summed E-state index contributed by atoms with van der Waals surface area (Å²) in [6, 6.07) is 0. The molecule has 0 spiro atoms. The van der Waals surface area contributed by atoms with Gasteiger partial charge in [-0.25, -0.2) is 0 Å². The SMILES string of the molecule is CC1CC1(N)C12CC3CC(C)(CC(C)(C3)C1)C2. The van der Waals surface area contributed by atoms with Gasteiger partial charge in [-0.15, -0.1) is 0 Å². The van der Waals surface area contributed by atoms with Crippen LogP contribution in [0.5, 0.6) is 0 Å². The van der Waals surface area contributed by atoms with Crippen LogP contribution in [0.15, 0.2) is 0 Å². The number of nitrogens with two attached hydrogens (primary N) is 1. The third-order valence-corrected chi connectivity index (χ3v) is 6.98. The molecule has 0 aliphatic heterocycles. The second-order valence-electron chi connectivity index (χ2n) is 9.06. The molecule has 5 fully saturated rings. The van der Waals surface area contributed by atoms with Gasteiger partial charge < -0.3 is 5.73 Å². The lowest BCUT2D eigenvalue weighted by Gasteiger charge is -2.67. The summed E-state index contributed by atoms with van der Waals surface area (Å²) in [6.07, 6.45) is 10.1. The Bertz CT molecular complexity index is 369. The van der Waals surface area contributed by atoms with Crippen molar-refractivity contribution in [2.24, 2.45) is 33.8 Å². The molecule has 0 heterocycles. The van der Waals surface area contributed by atoms with Crippen LogP contribution in [0.25, 0.3) is 0 Å². The molecule has 0 radical (unpaired) electrons. The van der Waals surface area contributed by atoms with Crippen LogP contribution in [0.1, 0.15) is 65.7 Å². The summed E-state index contributed by atoms with van der Waals surface area (Å²) >= 11 is 0. The first-order chi connectivity index (χ1) is 7.78. The van der Waals surface area contributed by atoms with E-state index in [0.29, 0.717) is 16.2 Å². The summed E-state index contributed by atoms with van der Waals surface area (Å²) in [6.45, 7) is 7.49. The van der Waals surface area contributed by atoms with Crippen molar-refractivity contribution in [2.45, 2.75) is 71.3 Å². The van der Waals surface area contributed by atoms with E-state index in [4.69, 9.17) is 5.73 Å². The molecule has 1 nitrogen and oxygen atoms in total. The monoisotopic (exact) mass is 233 g/mol. The predicted octanol–water partition coefficient (Wildman–Crippen LogP) is 3.72. The van der Waals surface area contributed by atoms with Gasteiger partial charge in [0.15, 0.2) is 0 Å². The summed E-state index contributed by atoms with van der Waals surface area (Å²) < 4.78 is 0. The van der Waals surface area contributed by atoms with Crippen molar-refractivity contribution in [2.75, 3.05) is 0 Å². The molecule has 1 heteroatoms. The van der Waals surface area contributed by atoms with Gasteiger partial charge in [0.2, 0.25) is 0 Å². The van der Waals surface area contributed by atoms with Crippen LogP contribution in [0.3, 0.4) is 0 Å². The van der Waals surface area contributed by atoms with Gasteiger partial charge in [-0.2, -0.15) is 0 Å². The average molecular weight is 233 g/mol. The van der Waals surface area contributed by atoms with Crippen LogP contribution in [-0.2, 0) is 0 Å². The van der Waals surface area contributed by atoms with Crippen LogP contribution >= 0.6 is 0 Å². The zero-order valence-corrected chi connectivity index (χ0v) is 11.7. The predicted molar refractivity (Wildman–Crippen MR) is 70.5 cm³/mol. The van der Waals surface area contributed by atoms with Crippen molar-refractivity contribution < 1.29 is 0 Å². The summed E-state index contributed by atoms with van der Waals surface area (Å²) in [4.78, 5) is 0. The van der Waals surface area contributed by atoms with Gasteiger partial charge in [0, 0.05) is 5.54 Å². The van der Waals surface area contributed by atoms with E-state index in [1.165, 1.54) is 44.9 Å². The van der Waals surface area contributed by atoms with Crippen molar-refractivity contribution in [1.82, 2.24) is 0 Å². The molecule has 0 amide bonds. The molecule has 2 N–H and O–H groups in total. The van der Waals surface area contributed by atoms with Crippen molar-refractivity contribution >= 4 is 0 Å². The molecular weight excluding hydrogens is 206 g/mol. The maximum Gasteiger partial charge on any atom is 0.0241 e. The van der Waals surface area contributed by atoms with E-state index in [0.717, 1.165) is 11.8 Å². The quantitative estimate of drug-likeness (QED) is 0.734. The molecule has 4 unspecified atom stereocenters. The first kappa shape index (κ1) is 10.8. The van der Waals surface area contributed by atoms with Crippen LogP contribution in [0.4, 0.5) is 0 Å². The fourth-order valence-electron chi connectivity index (χ4n) is 7.15. The standard InChI is InChI=1S/C16H27N/c1-11-4-16(11,17)15-7-12-5-13(2,9-15)8-14(3,6-12)10-15/h11-12H,4-10,17H2,1-3H3. The van der Waals surface area contributed by atoms with Gasteiger partial charge in [0.05, 0.1) is 0 Å². The minimum Gasteiger partial charge on any atom is -0.324 e. The number of hydrogen-bond donors (Lipinski definition) is 1. The fourth-order valence-corrected chi connectivity index (χ4v) is 7.15. The Kier molecular flexibility index (Phi) is 1.67. The topological polar surface area (TPSA) is 26.0 Å². The van der Waals surface area contributed by atoms with Crippen LogP contribution in [0.2, 0.25) is 0 Å². The minimum atomic E-state index is 0.217. The molecule has 5 saturated carbocycles. The maximum atomic E-state index is 6.81. The molecule has 5 aliphatic carbocycles. The summed E-state index contributed by atoms with van der Waals surface area (Å²) in [5, 5.41) is 0. The second-order valence-corrected chi connectivity index (χ2v) is 9.06. The summed E-state index contributed by atoms with van der Waals surface area (Å²) in [5.74, 6) is 1.78. The molecule has 0 aromatic carbocycles. The largest absolute Gasteiger partial charge is 0.324 e. The lowest BCUT2D eigenvalue weighted by atomic mass is 9.38. The fraction of sp³-hybridized carbons (Fsp3) is 1.00. The highest BCUT2D eigenvalue weighted by Crippen LogP contribution is 2.75. The molecular formula is C16H27N. The van der Waals surface area contributed by atoms with Crippen molar-refractivity contribution in [3.05, 3.63) is 0 Å². The van der Waals surface area contributed by atoms with Crippen LogP contribution in [-0.4, -0.2) is 5.54 Å². The van der Waals surface area contributed by atoms with Gasteiger partial charge in [-0.3, -0.25) is 0 Å². The smallest absolute Gasteiger partial charge is 0.0241 e. The highest BCUT2D eigenvalue weighted by molar-refractivity contribution is 5.24. The lowest BCUT2D eigenvalue weighted by Crippen LogP contribution is -2.62. The Hall–Kier alpha value is -0.0400. The minimum absolute atomic E-state index is 0.217. The highest BCUT2D eigenvalue weighted by Gasteiger charge is 2.70. The summed E-state index contributed by atoms with van der Waals surface area (Å²) in [7, 11) is 0. The molecule has 96 valence electrons. The number of hydrogen-bond acceptors (Lipinski definition) is 1. The van der Waals surface area contributed by atoms with E-state index in [1.54, 1.807) is 0 Å². The average Bonchev–Trinajstić information content (AvgIpc) is 2.69. The zero-order chi connectivity index (χ0) is 12.1. The maximum absolute atomic E-state index is 6.81. The third-order valence-electron chi connectivity index (χ3n) is 6.98. The van der Waals surface area contributed by atoms with E-state index in [9.17, 15) is 0 Å². The summed E-state index contributed by atoms with van der Waals surface area (Å²) in [5.41, 5.74) is 8.80. The first-order valence-corrected chi connectivity index (χ1v) is 7.57. The highest BCUT2D eigenvalue weighted by atomic mass is 14.9. The van der Waals surface area contributed by atoms with E-state index in [2.05, 4.69) is 20.8 Å². The molecule has 5 aliphatic rings. The molecule has 5 rings (SSSR count). The molecule has 4 bridgehead atoms. The van der Waals surface area contributed by atoms with Crippen LogP contribution in [0, 0.1) is 28.1 Å². The Balaban J connectivity index is 1.79. The Labute approximate surface area is 106 Å². The molecule has 17 heavy (non-hydrogen) atoms. The normalized spacial score (nSPS) is 68.5. The van der Waals surface area contributed by atoms with E-state index >= 15 is 0 Å². The van der Waals surface area contributed by atoms with Gasteiger partial charge in [0.25, 0.3) is 0 Å². The molecule has 0 saturated heterocycles. The second kappa shape index (κ2) is 2.61. The Morgan fingerprint density at radius 3 is 1.82 bits per heavy atom. The van der Waals surface area contributed by atoms with E-state index in [1.807, 2.05) is 0 Å². The Morgan fingerprint density at radius 1 is 0.882 bits per heavy atom. The molecule has 0 aromatic rings. The molecule has 4 atom stereocenters. The van der Waals surface area contributed by atoms with Gasteiger partial charge >= 0.3 is 0 Å². The molecule has 0 aromatic heterocycles. The zero-order valence-electron chi connectivity index (χ0n) is 11.7. The third kappa shape index (κ3) is 1.20. The Morgan fingerprint density at radius 2 is 1.41 bits per heavy atom. The van der Waals surface area contributed by atoms with Crippen molar-refractivity contribution in [3.63, 3.8) is 0 Å². The number of rotatable bonds is 1. The van der Waals surface area contributed by atoms with E-state index in [-0.39, 0.29) is 5.54 Å². The van der Waals surface area contributed by atoms with Crippen molar-refractivity contribution in [3.8, 4) is 0 Å². The van der Waals surface area contributed by atoms with Crippen LogP contribution < -0.4 is 5.73 Å². The van der Waals surface area contributed by atoms with Gasteiger partial charge in [-0.1, -0.05) is 20.8 Å². The van der Waals surface area contributed by atoms with Crippen molar-refractivity contribution in [1.29, 1.82) is 0 Å². The van der Waals surface area contributed by atoms with Gasteiger partial charge in [0.1, 0.15) is 0 Å². The van der Waals surface area contributed by atoms with E-state index < -0.39 is 0 Å². The first-order valence-electron chi connectivity index (χ1n) is 7.57. The van der Waals surface area contributed by atoms with Gasteiger partial charge in [-0.05, 0) is 73.0 Å².